The Labute approximate surface area is 241 Å². The van der Waals surface area contributed by atoms with Gasteiger partial charge in [-0.05, 0) is 67.9 Å². The second-order valence-electron chi connectivity index (χ2n) is 11.3. The number of amides is 2. The molecule has 4 heterocycles. The smallest absolute Gasteiger partial charge is 0.336 e. The van der Waals surface area contributed by atoms with Crippen LogP contribution in [0.1, 0.15) is 77.3 Å². The number of hydrogen-bond acceptors (Lipinski definition) is 5. The van der Waals surface area contributed by atoms with Crippen molar-refractivity contribution in [3.05, 3.63) is 74.5 Å². The van der Waals surface area contributed by atoms with Crippen molar-refractivity contribution in [1.82, 2.24) is 15.0 Å². The van der Waals surface area contributed by atoms with E-state index in [0.717, 1.165) is 61.0 Å². The highest BCUT2D eigenvalue weighted by Crippen LogP contribution is 2.47. The minimum Gasteiger partial charge on any atom is -0.478 e. The fourth-order valence-corrected chi connectivity index (χ4v) is 7.32. The lowest BCUT2D eigenvalue weighted by atomic mass is 9.99. The molecule has 2 saturated heterocycles. The quantitative estimate of drug-likeness (QED) is 0.341. The van der Waals surface area contributed by atoms with Gasteiger partial charge in [-0.25, -0.2) is 9.59 Å². The van der Waals surface area contributed by atoms with Crippen LogP contribution in [0.3, 0.4) is 0 Å². The third kappa shape index (κ3) is 4.46. The molecule has 1 aliphatic carbocycles. The average Bonchev–Trinajstić information content (AvgIpc) is 3.44. The van der Waals surface area contributed by atoms with E-state index >= 15 is 0 Å². The molecule has 0 spiro atoms. The summed E-state index contributed by atoms with van der Waals surface area (Å²) in [4.78, 5) is 29.2. The number of piperidine rings is 1. The maximum absolute atomic E-state index is 13.7. The van der Waals surface area contributed by atoms with Crippen LogP contribution in [-0.4, -0.2) is 50.3 Å². The number of nitrogens with zero attached hydrogens (tertiary/aromatic N) is 3. The normalized spacial score (nSPS) is 23.5. The van der Waals surface area contributed by atoms with Crippen molar-refractivity contribution in [2.75, 3.05) is 0 Å². The number of urea groups is 1. The van der Waals surface area contributed by atoms with Gasteiger partial charge in [0.15, 0.2) is 0 Å². The number of hydrogen-bond donors (Lipinski definition) is 1. The lowest BCUT2D eigenvalue weighted by Crippen LogP contribution is -2.52. The number of carbonyl (C=O) groups is 2. The third-order valence-corrected chi connectivity index (χ3v) is 9.45. The highest BCUT2D eigenvalue weighted by atomic mass is 35.5. The largest absolute Gasteiger partial charge is 0.478 e. The van der Waals surface area contributed by atoms with Crippen LogP contribution in [0.5, 0.6) is 0 Å². The molecule has 1 unspecified atom stereocenters. The number of halogens is 2. The fourth-order valence-electron chi connectivity index (χ4n) is 6.75. The molecule has 3 aromatic rings. The van der Waals surface area contributed by atoms with Gasteiger partial charge in [0, 0.05) is 42.2 Å². The van der Waals surface area contributed by atoms with E-state index in [4.69, 9.17) is 32.5 Å². The Kier molecular flexibility index (Phi) is 6.52. The highest BCUT2D eigenvalue weighted by molar-refractivity contribution is 6.39. The van der Waals surface area contributed by atoms with Gasteiger partial charge in [-0.15, -0.1) is 0 Å². The highest BCUT2D eigenvalue weighted by Gasteiger charge is 2.46. The average molecular weight is 582 g/mol. The van der Waals surface area contributed by atoms with Crippen molar-refractivity contribution in [2.24, 2.45) is 0 Å². The zero-order valence-electron chi connectivity index (χ0n) is 21.8. The first-order valence-electron chi connectivity index (χ1n) is 13.8. The number of carboxylic acid groups (broad SMARTS) is 1. The molecular formula is C30H29Cl2N3O5. The van der Waals surface area contributed by atoms with Crippen LogP contribution in [-0.2, 0) is 24.4 Å². The van der Waals surface area contributed by atoms with Gasteiger partial charge in [0.25, 0.3) is 0 Å². The van der Waals surface area contributed by atoms with E-state index in [0.29, 0.717) is 46.9 Å². The molecule has 208 valence electrons. The third-order valence-electron chi connectivity index (χ3n) is 8.82. The van der Waals surface area contributed by atoms with Crippen LogP contribution in [0.15, 0.2) is 40.9 Å². The first-order chi connectivity index (χ1) is 19.4. The Morgan fingerprint density at radius 1 is 1.00 bits per heavy atom. The Bertz CT molecular complexity index is 1470. The van der Waals surface area contributed by atoms with E-state index < -0.39 is 5.97 Å². The maximum atomic E-state index is 13.7. The molecule has 1 N–H and O–H groups in total. The van der Waals surface area contributed by atoms with Crippen LogP contribution >= 0.6 is 23.2 Å². The Morgan fingerprint density at radius 2 is 1.70 bits per heavy atom. The summed E-state index contributed by atoms with van der Waals surface area (Å²) in [5, 5.41) is 15.0. The van der Waals surface area contributed by atoms with Crippen molar-refractivity contribution in [3.63, 3.8) is 0 Å². The number of aromatic nitrogens is 1. The monoisotopic (exact) mass is 581 g/mol. The van der Waals surface area contributed by atoms with Gasteiger partial charge < -0.3 is 24.2 Å². The summed E-state index contributed by atoms with van der Waals surface area (Å²) >= 11 is 13.0. The van der Waals surface area contributed by atoms with E-state index in [9.17, 15) is 14.7 Å². The van der Waals surface area contributed by atoms with Crippen molar-refractivity contribution in [2.45, 2.75) is 82.3 Å². The van der Waals surface area contributed by atoms with Crippen molar-refractivity contribution >= 4 is 35.2 Å². The van der Waals surface area contributed by atoms with Crippen LogP contribution in [0.25, 0.3) is 11.3 Å². The van der Waals surface area contributed by atoms with Gasteiger partial charge in [-0.3, -0.25) is 0 Å². The van der Waals surface area contributed by atoms with E-state index in [1.54, 1.807) is 29.2 Å². The predicted molar refractivity (Wildman–Crippen MR) is 148 cm³/mol. The van der Waals surface area contributed by atoms with Gasteiger partial charge in [0.1, 0.15) is 11.5 Å². The van der Waals surface area contributed by atoms with Gasteiger partial charge in [-0.2, -0.15) is 0 Å². The molecule has 2 amide bonds. The van der Waals surface area contributed by atoms with Crippen LogP contribution in [0.4, 0.5) is 4.79 Å². The molecular weight excluding hydrogens is 553 g/mol. The Morgan fingerprint density at radius 3 is 2.38 bits per heavy atom. The summed E-state index contributed by atoms with van der Waals surface area (Å²) in [6, 6.07) is 10.9. The molecule has 1 saturated carbocycles. The molecule has 40 heavy (non-hydrogen) atoms. The van der Waals surface area contributed by atoms with Gasteiger partial charge >= 0.3 is 12.0 Å². The Balaban J connectivity index is 1.05. The van der Waals surface area contributed by atoms with Crippen LogP contribution < -0.4 is 0 Å². The zero-order valence-corrected chi connectivity index (χ0v) is 23.3. The van der Waals surface area contributed by atoms with Gasteiger partial charge in [0.05, 0.1) is 28.3 Å². The minimum absolute atomic E-state index is 0.00691. The number of aromatic carboxylic acids is 1. The molecule has 0 radical (unpaired) electrons. The summed E-state index contributed by atoms with van der Waals surface area (Å²) in [5.74, 6) is 0.251. The van der Waals surface area contributed by atoms with E-state index in [-0.39, 0.29) is 29.8 Å². The summed E-state index contributed by atoms with van der Waals surface area (Å²) in [5.41, 5.74) is 4.14. The second-order valence-corrected chi connectivity index (χ2v) is 12.1. The minimum atomic E-state index is -0.957. The number of carbonyl (C=O) groups excluding carboxylic acids is 1. The zero-order chi connectivity index (χ0) is 27.5. The van der Waals surface area contributed by atoms with Crippen LogP contribution in [0.2, 0.25) is 10.0 Å². The summed E-state index contributed by atoms with van der Waals surface area (Å²) in [6.45, 7) is 1.12. The predicted octanol–water partition coefficient (Wildman–Crippen LogP) is 6.87. The molecule has 2 aromatic carbocycles. The first-order valence-corrected chi connectivity index (χ1v) is 14.6. The molecule has 1 aromatic heterocycles. The fraction of sp³-hybridized carbons (Fsp3) is 0.433. The standard InChI is InChI=1S/C30H29Cl2N3O5/c31-24-5-2-6-25(32)26(24)27-23(28(40-33-27)16-7-8-16)15-39-20-11-18-9-10-19(12-20)35(18)30(38)34-13-17-3-1-4-21(29(36)37)22(17)14-34/h1-6,16,18-20H,7-15H2,(H,36,37)/t18-,19+,20?. The lowest BCUT2D eigenvalue weighted by Gasteiger charge is -2.40. The number of fused-ring (bicyclic) bond motifs is 3. The molecule has 3 aliphatic heterocycles. The summed E-state index contributed by atoms with van der Waals surface area (Å²) in [7, 11) is 0. The van der Waals surface area contributed by atoms with Crippen LogP contribution in [0, 0.1) is 0 Å². The maximum Gasteiger partial charge on any atom is 0.336 e. The van der Waals surface area contributed by atoms with Crippen molar-refractivity contribution < 1.29 is 24.0 Å². The molecule has 10 heteroatoms. The van der Waals surface area contributed by atoms with Gasteiger partial charge in [0.2, 0.25) is 0 Å². The van der Waals surface area contributed by atoms with E-state index in [1.165, 1.54) is 0 Å². The molecule has 2 bridgehead atoms. The Hall–Kier alpha value is -3.07. The SMILES string of the molecule is O=C(O)c1cccc2c1CN(C(=O)N1[C@@H]3CC[C@H]1CC(OCc1c(-c4c(Cl)cccc4Cl)noc1C1CC1)C3)C2. The summed E-state index contributed by atoms with van der Waals surface area (Å²) < 4.78 is 12.3. The first kappa shape index (κ1) is 25.9. The van der Waals surface area contributed by atoms with Crippen molar-refractivity contribution in [3.8, 4) is 11.3 Å². The molecule has 4 aliphatic rings. The van der Waals surface area contributed by atoms with E-state index in [2.05, 4.69) is 5.16 Å². The number of carboxylic acids is 1. The second kappa shape index (κ2) is 10.1. The van der Waals surface area contributed by atoms with Gasteiger partial charge in [-0.1, -0.05) is 46.6 Å². The van der Waals surface area contributed by atoms with Crippen molar-refractivity contribution in [1.29, 1.82) is 0 Å². The topological polar surface area (TPSA) is 96.1 Å². The number of ether oxygens (including phenoxy) is 1. The number of benzene rings is 2. The molecule has 7 rings (SSSR count). The lowest BCUT2D eigenvalue weighted by molar-refractivity contribution is -0.0210. The molecule has 3 atom stereocenters. The molecule has 8 nitrogen and oxygen atoms in total. The summed E-state index contributed by atoms with van der Waals surface area (Å²) in [6.07, 6.45) is 5.54. The number of rotatable bonds is 6. The van der Waals surface area contributed by atoms with E-state index in [1.807, 2.05) is 17.0 Å². The molecule has 3 fully saturated rings.